The van der Waals surface area contributed by atoms with Crippen molar-refractivity contribution in [3.8, 4) is 0 Å². The molecule has 0 aliphatic heterocycles. The molecule has 1 aliphatic carbocycles. The number of hydrogen-bond acceptors (Lipinski definition) is 2. The van der Waals surface area contributed by atoms with Gasteiger partial charge in [0, 0.05) is 18.4 Å². The largest absolute Gasteiger partial charge is 0.458 e. The second-order valence-corrected chi connectivity index (χ2v) is 4.37. The third-order valence-corrected chi connectivity index (χ3v) is 3.28. The van der Waals surface area contributed by atoms with Crippen LogP contribution in [0.5, 0.6) is 0 Å². The molecule has 0 bridgehead atoms. The molecule has 1 aromatic carbocycles. The third kappa shape index (κ3) is 2.57. The van der Waals surface area contributed by atoms with E-state index in [4.69, 9.17) is 4.74 Å². The Hall–Kier alpha value is -1.57. The van der Waals surface area contributed by atoms with E-state index in [1.165, 1.54) is 11.1 Å². The molecule has 0 spiro atoms. The lowest BCUT2D eigenvalue weighted by Crippen LogP contribution is -2.19. The number of rotatable bonds is 3. The SMILES string of the molecule is C/C=C(\CC)C(=O)OC1Cc2ccccc2C1. The van der Waals surface area contributed by atoms with Gasteiger partial charge in [0.1, 0.15) is 6.10 Å². The van der Waals surface area contributed by atoms with E-state index < -0.39 is 0 Å². The Kier molecular flexibility index (Phi) is 3.62. The van der Waals surface area contributed by atoms with E-state index in [9.17, 15) is 4.79 Å². The predicted molar refractivity (Wildman–Crippen MR) is 67.8 cm³/mol. The number of fused-ring (bicyclic) bond motifs is 1. The molecule has 1 aromatic rings. The zero-order chi connectivity index (χ0) is 12.3. The van der Waals surface area contributed by atoms with Crippen molar-refractivity contribution in [2.75, 3.05) is 0 Å². The fraction of sp³-hybridized carbons (Fsp3) is 0.400. The van der Waals surface area contributed by atoms with Crippen LogP contribution in [0.15, 0.2) is 35.9 Å². The van der Waals surface area contributed by atoms with E-state index in [-0.39, 0.29) is 12.1 Å². The normalized spacial score (nSPS) is 15.8. The first-order valence-corrected chi connectivity index (χ1v) is 6.17. The second-order valence-electron chi connectivity index (χ2n) is 4.37. The first kappa shape index (κ1) is 11.9. The molecule has 0 unspecified atom stereocenters. The van der Waals surface area contributed by atoms with Crippen LogP contribution in [0.2, 0.25) is 0 Å². The van der Waals surface area contributed by atoms with Crippen molar-refractivity contribution in [3.63, 3.8) is 0 Å². The molecule has 0 heterocycles. The molecule has 2 nitrogen and oxygen atoms in total. The van der Waals surface area contributed by atoms with Crippen LogP contribution >= 0.6 is 0 Å². The fourth-order valence-corrected chi connectivity index (χ4v) is 2.30. The van der Waals surface area contributed by atoms with Crippen LogP contribution in [0, 0.1) is 0 Å². The molecule has 1 aliphatic rings. The van der Waals surface area contributed by atoms with Crippen molar-refractivity contribution >= 4 is 5.97 Å². The number of carbonyl (C=O) groups is 1. The topological polar surface area (TPSA) is 26.3 Å². The van der Waals surface area contributed by atoms with Gasteiger partial charge in [0.15, 0.2) is 0 Å². The van der Waals surface area contributed by atoms with Gasteiger partial charge in [-0.1, -0.05) is 37.3 Å². The minimum absolute atomic E-state index is 0.0152. The summed E-state index contributed by atoms with van der Waals surface area (Å²) in [6.45, 7) is 3.85. The van der Waals surface area contributed by atoms with Crippen LogP contribution in [-0.2, 0) is 22.4 Å². The molecule has 0 fully saturated rings. The molecule has 0 aromatic heterocycles. The van der Waals surface area contributed by atoms with Crippen molar-refractivity contribution in [2.45, 2.75) is 39.2 Å². The molecule has 0 N–H and O–H groups in total. The highest BCUT2D eigenvalue weighted by Gasteiger charge is 2.24. The summed E-state index contributed by atoms with van der Waals surface area (Å²) in [5.41, 5.74) is 3.38. The molecule has 0 saturated heterocycles. The number of benzene rings is 1. The molecule has 0 amide bonds. The van der Waals surface area contributed by atoms with Gasteiger partial charge in [0.25, 0.3) is 0 Å². The van der Waals surface area contributed by atoms with Gasteiger partial charge in [0.2, 0.25) is 0 Å². The summed E-state index contributed by atoms with van der Waals surface area (Å²) in [6, 6.07) is 8.29. The Balaban J connectivity index is 1.98. The summed E-state index contributed by atoms with van der Waals surface area (Å²) in [4.78, 5) is 11.8. The maximum Gasteiger partial charge on any atom is 0.333 e. The van der Waals surface area contributed by atoms with E-state index in [1.807, 2.05) is 32.1 Å². The van der Waals surface area contributed by atoms with Crippen LogP contribution in [0.3, 0.4) is 0 Å². The summed E-state index contributed by atoms with van der Waals surface area (Å²) in [5.74, 6) is -0.159. The average molecular weight is 230 g/mol. The smallest absolute Gasteiger partial charge is 0.333 e. The van der Waals surface area contributed by atoms with Crippen LogP contribution in [0.25, 0.3) is 0 Å². The van der Waals surface area contributed by atoms with Gasteiger partial charge in [-0.2, -0.15) is 0 Å². The van der Waals surface area contributed by atoms with Crippen molar-refractivity contribution in [1.82, 2.24) is 0 Å². The summed E-state index contributed by atoms with van der Waals surface area (Å²) in [7, 11) is 0. The Morgan fingerprint density at radius 1 is 1.35 bits per heavy atom. The highest BCUT2D eigenvalue weighted by molar-refractivity contribution is 5.88. The molecule has 0 atom stereocenters. The van der Waals surface area contributed by atoms with Crippen molar-refractivity contribution in [2.24, 2.45) is 0 Å². The average Bonchev–Trinajstić information content (AvgIpc) is 2.72. The van der Waals surface area contributed by atoms with E-state index in [0.29, 0.717) is 0 Å². The minimum atomic E-state index is -0.159. The summed E-state index contributed by atoms with van der Waals surface area (Å²) in [5, 5.41) is 0. The van der Waals surface area contributed by atoms with Gasteiger partial charge in [-0.15, -0.1) is 0 Å². The first-order valence-electron chi connectivity index (χ1n) is 6.17. The van der Waals surface area contributed by atoms with E-state index in [2.05, 4.69) is 12.1 Å². The molecule has 90 valence electrons. The van der Waals surface area contributed by atoms with Gasteiger partial charge < -0.3 is 4.74 Å². The lowest BCUT2D eigenvalue weighted by Gasteiger charge is -2.12. The highest BCUT2D eigenvalue weighted by atomic mass is 16.5. The fourth-order valence-electron chi connectivity index (χ4n) is 2.30. The lowest BCUT2D eigenvalue weighted by atomic mass is 10.1. The molecule has 0 saturated carbocycles. The standard InChI is InChI=1S/C15H18O2/c1-3-11(4-2)15(16)17-14-9-12-7-5-6-8-13(12)10-14/h3,5-8,14H,4,9-10H2,1-2H3/b11-3+. The molecule has 2 heteroatoms. The van der Waals surface area contributed by atoms with Gasteiger partial charge >= 0.3 is 5.97 Å². The Morgan fingerprint density at radius 3 is 2.41 bits per heavy atom. The number of allylic oxidation sites excluding steroid dienone is 1. The van der Waals surface area contributed by atoms with Crippen LogP contribution in [-0.4, -0.2) is 12.1 Å². The van der Waals surface area contributed by atoms with Crippen LogP contribution in [0.1, 0.15) is 31.4 Å². The van der Waals surface area contributed by atoms with E-state index >= 15 is 0 Å². The van der Waals surface area contributed by atoms with Gasteiger partial charge in [-0.25, -0.2) is 4.79 Å². The lowest BCUT2D eigenvalue weighted by molar-refractivity contribution is -0.143. The maximum absolute atomic E-state index is 11.8. The van der Waals surface area contributed by atoms with Crippen molar-refractivity contribution < 1.29 is 9.53 Å². The summed E-state index contributed by atoms with van der Waals surface area (Å²) in [6.07, 6.45) is 4.28. The van der Waals surface area contributed by atoms with E-state index in [0.717, 1.165) is 24.8 Å². The Labute approximate surface area is 102 Å². The zero-order valence-electron chi connectivity index (χ0n) is 10.4. The Morgan fingerprint density at radius 2 is 1.94 bits per heavy atom. The van der Waals surface area contributed by atoms with Gasteiger partial charge in [-0.3, -0.25) is 0 Å². The third-order valence-electron chi connectivity index (χ3n) is 3.28. The molecule has 2 rings (SSSR count). The van der Waals surface area contributed by atoms with Crippen molar-refractivity contribution in [1.29, 1.82) is 0 Å². The maximum atomic E-state index is 11.8. The number of hydrogen-bond donors (Lipinski definition) is 0. The molecule has 17 heavy (non-hydrogen) atoms. The minimum Gasteiger partial charge on any atom is -0.458 e. The van der Waals surface area contributed by atoms with Crippen LogP contribution < -0.4 is 0 Å². The van der Waals surface area contributed by atoms with Gasteiger partial charge in [0.05, 0.1) is 0 Å². The number of ether oxygens (including phenoxy) is 1. The molecular formula is C15H18O2. The quantitative estimate of drug-likeness (QED) is 0.589. The first-order chi connectivity index (χ1) is 8.24. The van der Waals surface area contributed by atoms with Gasteiger partial charge in [-0.05, 0) is 24.5 Å². The molecular weight excluding hydrogens is 212 g/mol. The zero-order valence-corrected chi connectivity index (χ0v) is 10.4. The Bertz CT molecular complexity index is 421. The molecule has 0 radical (unpaired) electrons. The van der Waals surface area contributed by atoms with Crippen LogP contribution in [0.4, 0.5) is 0 Å². The summed E-state index contributed by atoms with van der Waals surface area (Å²) >= 11 is 0. The monoisotopic (exact) mass is 230 g/mol. The summed E-state index contributed by atoms with van der Waals surface area (Å²) < 4.78 is 5.53. The highest BCUT2D eigenvalue weighted by Crippen LogP contribution is 2.24. The number of esters is 1. The number of carbonyl (C=O) groups excluding carboxylic acids is 1. The van der Waals surface area contributed by atoms with Crippen molar-refractivity contribution in [3.05, 3.63) is 47.0 Å². The van der Waals surface area contributed by atoms with E-state index in [1.54, 1.807) is 0 Å². The predicted octanol–water partition coefficient (Wildman–Crippen LogP) is 3.05. The second kappa shape index (κ2) is 5.17.